The molecule has 0 unspecified atom stereocenters. The van der Waals surface area contributed by atoms with Crippen molar-refractivity contribution in [3.8, 4) is 17.0 Å². The number of nitrogens with zero attached hydrogens (tertiary/aromatic N) is 5. The molecule has 1 aromatic carbocycles. The molecule has 4 rings (SSSR count). The molecule has 8 nitrogen and oxygen atoms in total. The van der Waals surface area contributed by atoms with Crippen LogP contribution in [-0.2, 0) is 17.0 Å². The highest BCUT2D eigenvalue weighted by Gasteiger charge is 2.19. The highest BCUT2D eigenvalue weighted by Crippen LogP contribution is 2.30. The number of hydrogen-bond donors (Lipinski definition) is 0. The van der Waals surface area contributed by atoms with Gasteiger partial charge in [-0.25, -0.2) is 4.68 Å². The Morgan fingerprint density at radius 2 is 2.27 bits per heavy atom. The molecule has 2 aromatic heterocycles. The summed E-state index contributed by atoms with van der Waals surface area (Å²) in [5.41, 5.74) is 1.65. The molecule has 1 saturated heterocycles. The van der Waals surface area contributed by atoms with Crippen LogP contribution in [0.2, 0.25) is 0 Å². The van der Waals surface area contributed by atoms with Crippen LogP contribution in [0.3, 0.4) is 0 Å². The Kier molecular flexibility index (Phi) is 5.16. The Labute approximate surface area is 154 Å². The number of para-hydroxylation sites is 1. The van der Waals surface area contributed by atoms with E-state index >= 15 is 0 Å². The van der Waals surface area contributed by atoms with E-state index in [2.05, 4.69) is 20.7 Å². The van der Waals surface area contributed by atoms with Gasteiger partial charge in [-0.1, -0.05) is 29.1 Å². The first-order valence-corrected chi connectivity index (χ1v) is 9.41. The Balaban J connectivity index is 1.42. The molecule has 1 fully saturated rings. The van der Waals surface area contributed by atoms with Crippen molar-refractivity contribution in [2.24, 2.45) is 0 Å². The van der Waals surface area contributed by atoms with Crippen molar-refractivity contribution in [3.05, 3.63) is 36.1 Å². The normalized spacial score (nSPS) is 16.9. The Morgan fingerprint density at radius 1 is 1.35 bits per heavy atom. The summed E-state index contributed by atoms with van der Waals surface area (Å²) < 4.78 is 18.3. The number of thioether (sulfide) groups is 1. The molecule has 9 heteroatoms. The molecule has 0 radical (unpaired) electrons. The second-order valence-electron chi connectivity index (χ2n) is 5.95. The van der Waals surface area contributed by atoms with Crippen LogP contribution in [0.4, 0.5) is 0 Å². The topological polar surface area (TPSA) is 88.1 Å². The van der Waals surface area contributed by atoms with E-state index in [9.17, 15) is 0 Å². The van der Waals surface area contributed by atoms with E-state index in [1.165, 1.54) is 11.8 Å². The van der Waals surface area contributed by atoms with Gasteiger partial charge in [-0.2, -0.15) is 0 Å². The maximum absolute atomic E-state index is 5.65. The largest absolute Gasteiger partial charge is 0.496 e. The lowest BCUT2D eigenvalue weighted by molar-refractivity contribution is 0.0912. The van der Waals surface area contributed by atoms with E-state index in [1.807, 2.05) is 30.3 Å². The fourth-order valence-corrected chi connectivity index (χ4v) is 3.66. The molecule has 0 N–H and O–H groups in total. The first kappa shape index (κ1) is 17.0. The number of tetrazole rings is 1. The second-order valence-corrected chi connectivity index (χ2v) is 6.89. The SMILES string of the molecule is COc1ccccc1-c1cc(CSc2nnnn2C[C@@H]2CCCO2)on1. The standard InChI is InChI=1S/C17H19N5O3S/c1-23-16-7-3-2-6-14(16)15-9-13(25-19-15)11-26-17-18-20-21-22(17)10-12-5-4-8-24-12/h2-3,6-7,9,12H,4-5,8,10-11H2,1H3/t12-/m0/s1. The van der Waals surface area contributed by atoms with Gasteiger partial charge >= 0.3 is 0 Å². The molecule has 1 atom stereocenters. The van der Waals surface area contributed by atoms with Crippen LogP contribution in [-0.4, -0.2) is 45.2 Å². The van der Waals surface area contributed by atoms with Gasteiger partial charge in [-0.3, -0.25) is 0 Å². The lowest BCUT2D eigenvalue weighted by atomic mass is 10.1. The van der Waals surface area contributed by atoms with Crippen molar-refractivity contribution in [2.75, 3.05) is 13.7 Å². The molecular formula is C17H19N5O3S. The van der Waals surface area contributed by atoms with Crippen LogP contribution in [0.25, 0.3) is 11.3 Å². The van der Waals surface area contributed by atoms with Gasteiger partial charge in [0.25, 0.3) is 0 Å². The van der Waals surface area contributed by atoms with Gasteiger partial charge in [0.1, 0.15) is 17.2 Å². The number of ether oxygens (including phenoxy) is 2. The summed E-state index contributed by atoms with van der Waals surface area (Å²) in [5, 5.41) is 16.8. The summed E-state index contributed by atoms with van der Waals surface area (Å²) in [6, 6.07) is 9.64. The summed E-state index contributed by atoms with van der Waals surface area (Å²) in [6.45, 7) is 1.50. The minimum absolute atomic E-state index is 0.195. The molecule has 3 heterocycles. The van der Waals surface area contributed by atoms with Gasteiger partial charge in [0.2, 0.25) is 5.16 Å². The molecule has 0 bridgehead atoms. The van der Waals surface area contributed by atoms with Crippen LogP contribution < -0.4 is 4.74 Å². The molecule has 0 spiro atoms. The fraction of sp³-hybridized carbons (Fsp3) is 0.412. The monoisotopic (exact) mass is 373 g/mol. The van der Waals surface area contributed by atoms with Gasteiger partial charge in [0, 0.05) is 18.2 Å². The summed E-state index contributed by atoms with van der Waals surface area (Å²) in [4.78, 5) is 0. The van der Waals surface area contributed by atoms with Gasteiger partial charge in [-0.15, -0.1) is 5.10 Å². The number of benzene rings is 1. The summed E-state index contributed by atoms with van der Waals surface area (Å²) in [6.07, 6.45) is 2.34. The van der Waals surface area contributed by atoms with Crippen molar-refractivity contribution in [3.63, 3.8) is 0 Å². The smallest absolute Gasteiger partial charge is 0.209 e. The first-order chi connectivity index (χ1) is 12.8. The van der Waals surface area contributed by atoms with Crippen molar-refractivity contribution in [1.29, 1.82) is 0 Å². The molecule has 0 saturated carbocycles. The van der Waals surface area contributed by atoms with E-state index < -0.39 is 0 Å². The predicted molar refractivity (Wildman–Crippen MR) is 94.8 cm³/mol. The quantitative estimate of drug-likeness (QED) is 0.584. The van der Waals surface area contributed by atoms with Crippen molar-refractivity contribution < 1.29 is 14.0 Å². The highest BCUT2D eigenvalue weighted by molar-refractivity contribution is 7.98. The maximum atomic E-state index is 5.65. The third-order valence-corrected chi connectivity index (χ3v) is 5.16. The Bertz CT molecular complexity index is 859. The van der Waals surface area contributed by atoms with E-state index in [0.717, 1.165) is 47.4 Å². The minimum Gasteiger partial charge on any atom is -0.496 e. The van der Waals surface area contributed by atoms with Crippen molar-refractivity contribution in [1.82, 2.24) is 25.4 Å². The molecule has 3 aromatic rings. The van der Waals surface area contributed by atoms with Gasteiger partial charge in [0.05, 0.1) is 25.5 Å². The van der Waals surface area contributed by atoms with Crippen LogP contribution in [0.15, 0.2) is 40.0 Å². The Hall–Kier alpha value is -2.39. The van der Waals surface area contributed by atoms with Crippen LogP contribution in [0.5, 0.6) is 5.75 Å². The number of rotatable bonds is 7. The molecule has 1 aliphatic rings. The van der Waals surface area contributed by atoms with E-state index in [0.29, 0.717) is 12.3 Å². The molecular weight excluding hydrogens is 354 g/mol. The molecule has 1 aliphatic heterocycles. The minimum atomic E-state index is 0.195. The molecule has 136 valence electrons. The molecule has 0 aliphatic carbocycles. The van der Waals surface area contributed by atoms with Gasteiger partial charge in [0.15, 0.2) is 0 Å². The van der Waals surface area contributed by atoms with E-state index in [4.69, 9.17) is 14.0 Å². The zero-order valence-electron chi connectivity index (χ0n) is 14.4. The summed E-state index contributed by atoms with van der Waals surface area (Å²) in [7, 11) is 1.64. The van der Waals surface area contributed by atoms with Crippen molar-refractivity contribution in [2.45, 2.75) is 36.4 Å². The van der Waals surface area contributed by atoms with E-state index in [-0.39, 0.29) is 6.10 Å². The number of hydrogen-bond acceptors (Lipinski definition) is 8. The Morgan fingerprint density at radius 3 is 3.12 bits per heavy atom. The zero-order valence-corrected chi connectivity index (χ0v) is 15.2. The lowest BCUT2D eigenvalue weighted by Gasteiger charge is -2.09. The number of aromatic nitrogens is 5. The van der Waals surface area contributed by atoms with Gasteiger partial charge < -0.3 is 14.0 Å². The second kappa shape index (κ2) is 7.88. The highest BCUT2D eigenvalue weighted by atomic mass is 32.2. The average molecular weight is 373 g/mol. The number of methoxy groups -OCH3 is 1. The van der Waals surface area contributed by atoms with Crippen LogP contribution in [0.1, 0.15) is 18.6 Å². The van der Waals surface area contributed by atoms with Crippen LogP contribution >= 0.6 is 11.8 Å². The first-order valence-electron chi connectivity index (χ1n) is 8.43. The maximum Gasteiger partial charge on any atom is 0.209 e. The average Bonchev–Trinajstić information content (AvgIpc) is 3.43. The van der Waals surface area contributed by atoms with E-state index in [1.54, 1.807) is 11.8 Å². The molecule has 0 amide bonds. The lowest BCUT2D eigenvalue weighted by Crippen LogP contribution is -2.16. The van der Waals surface area contributed by atoms with Crippen molar-refractivity contribution >= 4 is 11.8 Å². The fourth-order valence-electron chi connectivity index (χ4n) is 2.90. The third-order valence-electron chi connectivity index (χ3n) is 4.19. The van der Waals surface area contributed by atoms with Gasteiger partial charge in [-0.05, 0) is 35.4 Å². The van der Waals surface area contributed by atoms with Crippen LogP contribution in [0, 0.1) is 0 Å². The third kappa shape index (κ3) is 3.73. The zero-order chi connectivity index (χ0) is 17.8. The summed E-state index contributed by atoms with van der Waals surface area (Å²) >= 11 is 1.51. The molecule has 26 heavy (non-hydrogen) atoms. The summed E-state index contributed by atoms with van der Waals surface area (Å²) in [5.74, 6) is 2.11. The predicted octanol–water partition coefficient (Wildman–Crippen LogP) is 2.81.